The van der Waals surface area contributed by atoms with Gasteiger partial charge >= 0.3 is 5.97 Å². The number of aryl methyl sites for hydroxylation is 3. The molecule has 0 amide bonds. The molecule has 2 heterocycles. The number of fused-ring (bicyclic) bond motifs is 1. The molecule has 35 heavy (non-hydrogen) atoms. The molecule has 10 heteroatoms. The predicted octanol–water partition coefficient (Wildman–Crippen LogP) is 3.82. The minimum Gasteiger partial charge on any atom is -0.455 e. The number of carbonyl (C=O) groups is 1. The third-order valence-corrected chi connectivity index (χ3v) is 8.63. The van der Waals surface area contributed by atoms with E-state index in [0.29, 0.717) is 28.9 Å². The Kier molecular flexibility index (Phi) is 6.41. The van der Waals surface area contributed by atoms with Gasteiger partial charge in [-0.15, -0.1) is 0 Å². The van der Waals surface area contributed by atoms with Crippen LogP contribution >= 0.6 is 0 Å². The van der Waals surface area contributed by atoms with Crippen molar-refractivity contribution in [3.63, 3.8) is 0 Å². The summed E-state index contributed by atoms with van der Waals surface area (Å²) < 4.78 is 51.9. The van der Waals surface area contributed by atoms with Crippen molar-refractivity contribution in [2.24, 2.45) is 5.92 Å². The molecule has 184 valence electrons. The average molecular weight is 500 g/mol. The van der Waals surface area contributed by atoms with E-state index in [2.05, 4.69) is 10.1 Å². The van der Waals surface area contributed by atoms with Gasteiger partial charge in [-0.2, -0.15) is 9.29 Å². The number of aromatic nitrogens is 2. The lowest BCUT2D eigenvalue weighted by Gasteiger charge is -2.30. The molecular weight excluding hydrogens is 473 g/mol. The molecule has 1 saturated heterocycles. The summed E-state index contributed by atoms with van der Waals surface area (Å²) in [4.78, 5) is 17.0. The molecule has 0 saturated carbocycles. The molecule has 1 aliphatic carbocycles. The maximum atomic E-state index is 13.8. The number of sulfonamides is 1. The number of carbonyl (C=O) groups excluding carboxylic acids is 1. The monoisotopic (exact) mass is 499 g/mol. The van der Waals surface area contributed by atoms with Crippen molar-refractivity contribution in [1.29, 1.82) is 0 Å². The largest absolute Gasteiger partial charge is 0.455 e. The van der Waals surface area contributed by atoms with Gasteiger partial charge in [-0.25, -0.2) is 12.8 Å². The van der Waals surface area contributed by atoms with Crippen LogP contribution in [-0.4, -0.2) is 41.9 Å². The van der Waals surface area contributed by atoms with Crippen LogP contribution in [0, 0.1) is 18.7 Å². The topological polar surface area (TPSA) is 103 Å². The molecule has 0 N–H and O–H groups in total. The second kappa shape index (κ2) is 9.50. The van der Waals surface area contributed by atoms with Crippen molar-refractivity contribution >= 4 is 16.0 Å². The fourth-order valence-electron chi connectivity index (χ4n) is 4.60. The number of piperidine rings is 1. The summed E-state index contributed by atoms with van der Waals surface area (Å²) in [5.74, 6) is -0.897. The molecule has 0 unspecified atom stereocenters. The lowest BCUT2D eigenvalue weighted by atomic mass is 9.98. The van der Waals surface area contributed by atoms with Gasteiger partial charge < -0.3 is 9.26 Å². The number of ether oxygens (including phenoxy) is 1. The Morgan fingerprint density at radius 3 is 2.69 bits per heavy atom. The number of halogens is 1. The Bertz CT molecular complexity index is 1360. The fourth-order valence-corrected chi connectivity index (χ4v) is 6.12. The van der Waals surface area contributed by atoms with E-state index < -0.39 is 21.9 Å². The number of hydrogen-bond acceptors (Lipinski definition) is 7. The van der Waals surface area contributed by atoms with Crippen LogP contribution in [-0.2, 0) is 39.0 Å². The van der Waals surface area contributed by atoms with Crippen molar-refractivity contribution in [3.05, 3.63) is 64.8 Å². The van der Waals surface area contributed by atoms with Gasteiger partial charge in [-0.1, -0.05) is 23.4 Å². The summed E-state index contributed by atoms with van der Waals surface area (Å²) in [6, 6.07) is 10.0. The van der Waals surface area contributed by atoms with Gasteiger partial charge in [0.05, 0.1) is 10.8 Å². The van der Waals surface area contributed by atoms with Crippen LogP contribution in [0.5, 0.6) is 0 Å². The molecule has 0 radical (unpaired) electrons. The van der Waals surface area contributed by atoms with Gasteiger partial charge in [-0.05, 0) is 73.9 Å². The van der Waals surface area contributed by atoms with E-state index in [0.717, 1.165) is 24.8 Å². The minimum atomic E-state index is -3.60. The van der Waals surface area contributed by atoms with Gasteiger partial charge in [0.25, 0.3) is 5.89 Å². The Hall–Kier alpha value is -3.11. The van der Waals surface area contributed by atoms with Crippen LogP contribution in [0.4, 0.5) is 4.39 Å². The van der Waals surface area contributed by atoms with Crippen LogP contribution in [0.1, 0.15) is 41.8 Å². The summed E-state index contributed by atoms with van der Waals surface area (Å²) in [5.41, 5.74) is 3.31. The molecule has 1 aromatic heterocycles. The van der Waals surface area contributed by atoms with E-state index in [4.69, 9.17) is 9.26 Å². The lowest BCUT2D eigenvalue weighted by Crippen LogP contribution is -2.40. The zero-order valence-electron chi connectivity index (χ0n) is 19.4. The smallest absolute Gasteiger partial charge is 0.309 e. The third-order valence-electron chi connectivity index (χ3n) is 6.73. The predicted molar refractivity (Wildman–Crippen MR) is 124 cm³/mol. The molecule has 2 aliphatic rings. The number of rotatable bonds is 6. The molecule has 1 aliphatic heterocycles. The summed E-state index contributed by atoms with van der Waals surface area (Å²) >= 11 is 0. The molecule has 0 atom stereocenters. The molecule has 2 aromatic carbocycles. The van der Waals surface area contributed by atoms with E-state index in [-0.39, 0.29) is 37.2 Å². The molecule has 0 spiro atoms. The SMILES string of the molecule is Cc1ccc(-c2noc(COC(=O)C3CCN(S(=O)(=O)c4ccc5c(c4)CCC5)CC3)n2)cc1F. The maximum absolute atomic E-state index is 13.8. The Morgan fingerprint density at radius 2 is 1.91 bits per heavy atom. The summed E-state index contributed by atoms with van der Waals surface area (Å²) in [7, 11) is -3.60. The third kappa shape index (κ3) is 4.85. The van der Waals surface area contributed by atoms with E-state index >= 15 is 0 Å². The standard InChI is InChI=1S/C25H26FN3O5S/c1-16-5-6-20(14-22(16)26)24-27-23(34-28-24)15-33-25(30)18-9-11-29(12-10-18)35(31,32)21-8-7-17-3-2-4-19(17)13-21/h5-8,13-14,18H,2-4,9-12,15H2,1H3. The lowest BCUT2D eigenvalue weighted by molar-refractivity contribution is -0.152. The van der Waals surface area contributed by atoms with Crippen molar-refractivity contribution in [3.8, 4) is 11.4 Å². The van der Waals surface area contributed by atoms with Crippen molar-refractivity contribution in [2.75, 3.05) is 13.1 Å². The van der Waals surface area contributed by atoms with Crippen LogP contribution in [0.2, 0.25) is 0 Å². The van der Waals surface area contributed by atoms with Crippen LogP contribution < -0.4 is 0 Å². The second-order valence-electron chi connectivity index (χ2n) is 9.05. The molecule has 5 rings (SSSR count). The second-order valence-corrected chi connectivity index (χ2v) is 11.0. The van der Waals surface area contributed by atoms with Crippen LogP contribution in [0.25, 0.3) is 11.4 Å². The molecule has 1 fully saturated rings. The normalized spacial score (nSPS) is 16.9. The summed E-state index contributed by atoms with van der Waals surface area (Å²) in [6.07, 6.45) is 3.72. The van der Waals surface area contributed by atoms with Gasteiger partial charge in [-0.3, -0.25) is 4.79 Å². The first kappa shape index (κ1) is 23.6. The van der Waals surface area contributed by atoms with Crippen LogP contribution in [0.15, 0.2) is 45.8 Å². The van der Waals surface area contributed by atoms with Crippen LogP contribution in [0.3, 0.4) is 0 Å². The van der Waals surface area contributed by atoms with Crippen molar-refractivity contribution in [2.45, 2.75) is 50.5 Å². The molecule has 0 bridgehead atoms. The maximum Gasteiger partial charge on any atom is 0.309 e. The Balaban J connectivity index is 1.15. The number of nitrogens with zero attached hydrogens (tertiary/aromatic N) is 3. The number of benzene rings is 2. The zero-order chi connectivity index (χ0) is 24.6. The van der Waals surface area contributed by atoms with E-state index in [1.54, 1.807) is 31.2 Å². The quantitative estimate of drug-likeness (QED) is 0.475. The highest BCUT2D eigenvalue weighted by molar-refractivity contribution is 7.89. The average Bonchev–Trinajstić information content (AvgIpc) is 3.53. The first-order chi connectivity index (χ1) is 16.8. The highest BCUT2D eigenvalue weighted by atomic mass is 32.2. The molecule has 8 nitrogen and oxygen atoms in total. The summed E-state index contributed by atoms with van der Waals surface area (Å²) in [6.45, 7) is 1.96. The van der Waals surface area contributed by atoms with Crippen molar-refractivity contribution < 1.29 is 26.9 Å². The van der Waals surface area contributed by atoms with E-state index in [9.17, 15) is 17.6 Å². The van der Waals surface area contributed by atoms with Crippen molar-refractivity contribution in [1.82, 2.24) is 14.4 Å². The number of esters is 1. The Labute approximate surface area is 203 Å². The first-order valence-corrected chi connectivity index (χ1v) is 13.1. The van der Waals surface area contributed by atoms with Gasteiger partial charge in [0.2, 0.25) is 15.8 Å². The van der Waals surface area contributed by atoms with Gasteiger partial charge in [0.15, 0.2) is 6.61 Å². The molecular formula is C25H26FN3O5S. The first-order valence-electron chi connectivity index (χ1n) is 11.7. The highest BCUT2D eigenvalue weighted by Crippen LogP contribution is 2.29. The highest BCUT2D eigenvalue weighted by Gasteiger charge is 2.33. The van der Waals surface area contributed by atoms with E-state index in [1.165, 1.54) is 15.9 Å². The number of hydrogen-bond donors (Lipinski definition) is 0. The van der Waals surface area contributed by atoms with E-state index in [1.807, 2.05) is 6.07 Å². The van der Waals surface area contributed by atoms with Gasteiger partial charge in [0, 0.05) is 18.7 Å². The zero-order valence-corrected chi connectivity index (χ0v) is 20.2. The Morgan fingerprint density at radius 1 is 1.14 bits per heavy atom. The minimum absolute atomic E-state index is 0.103. The van der Waals surface area contributed by atoms with Gasteiger partial charge in [0.1, 0.15) is 5.82 Å². The summed E-state index contributed by atoms with van der Waals surface area (Å²) in [5, 5.41) is 3.82. The fraction of sp³-hybridized carbons (Fsp3) is 0.400. The molecule has 3 aromatic rings.